The third kappa shape index (κ3) is 6.03. The van der Waals surface area contributed by atoms with Gasteiger partial charge in [0.05, 0.1) is 18.2 Å². The van der Waals surface area contributed by atoms with Crippen LogP contribution in [0.2, 0.25) is 0 Å². The number of halogens is 2. The molecular weight excluding hydrogens is 349 g/mol. The Hall–Kier alpha value is -0.0700. The van der Waals surface area contributed by atoms with Crippen molar-refractivity contribution in [3.8, 4) is 0 Å². The average Bonchev–Trinajstić information content (AvgIpc) is 2.86. The standard InChI is InChI=1S/C17H33N3O2.2ClH/c1-12(2)16(20-9-13(3)22-14(4)10-20)17(21)19-7-6-15(11-19)8-18-5;;/h12-16,18H,6-11H2,1-5H3;2*1H. The predicted molar refractivity (Wildman–Crippen MR) is 103 cm³/mol. The lowest BCUT2D eigenvalue weighted by molar-refractivity contribution is -0.144. The number of hydrogen-bond acceptors (Lipinski definition) is 4. The Morgan fingerprint density at radius 1 is 1.17 bits per heavy atom. The molecule has 5 nitrogen and oxygen atoms in total. The normalized spacial score (nSPS) is 29.1. The van der Waals surface area contributed by atoms with Crippen molar-refractivity contribution in [3.63, 3.8) is 0 Å². The molecule has 0 saturated carbocycles. The lowest BCUT2D eigenvalue weighted by Gasteiger charge is -2.42. The van der Waals surface area contributed by atoms with Crippen molar-refractivity contribution in [2.75, 3.05) is 39.8 Å². The van der Waals surface area contributed by atoms with Gasteiger partial charge in [0.1, 0.15) is 0 Å². The summed E-state index contributed by atoms with van der Waals surface area (Å²) in [5, 5.41) is 3.23. The number of carbonyl (C=O) groups excluding carboxylic acids is 1. The topological polar surface area (TPSA) is 44.8 Å². The van der Waals surface area contributed by atoms with Crippen LogP contribution in [0.5, 0.6) is 0 Å². The number of nitrogens with one attached hydrogen (secondary N) is 1. The number of carbonyl (C=O) groups is 1. The second kappa shape index (κ2) is 10.8. The van der Waals surface area contributed by atoms with Crippen LogP contribution in [-0.2, 0) is 9.53 Å². The van der Waals surface area contributed by atoms with E-state index in [9.17, 15) is 4.79 Å². The number of amides is 1. The van der Waals surface area contributed by atoms with Crippen molar-refractivity contribution in [3.05, 3.63) is 0 Å². The number of morpholine rings is 1. The van der Waals surface area contributed by atoms with E-state index < -0.39 is 0 Å². The van der Waals surface area contributed by atoms with Crippen molar-refractivity contribution < 1.29 is 9.53 Å². The Labute approximate surface area is 159 Å². The average molecular weight is 384 g/mol. The summed E-state index contributed by atoms with van der Waals surface area (Å²) >= 11 is 0. The van der Waals surface area contributed by atoms with Gasteiger partial charge in [-0.3, -0.25) is 9.69 Å². The summed E-state index contributed by atoms with van der Waals surface area (Å²) in [4.78, 5) is 17.5. The molecule has 0 aromatic rings. The lowest BCUT2D eigenvalue weighted by atomic mass is 9.99. The molecule has 2 aliphatic heterocycles. The van der Waals surface area contributed by atoms with Gasteiger partial charge in [0.25, 0.3) is 0 Å². The number of nitrogens with zero attached hydrogens (tertiary/aromatic N) is 2. The highest BCUT2D eigenvalue weighted by Crippen LogP contribution is 2.23. The van der Waals surface area contributed by atoms with Crippen LogP contribution in [0.3, 0.4) is 0 Å². The molecule has 0 aromatic heterocycles. The van der Waals surface area contributed by atoms with Crippen molar-refractivity contribution in [1.82, 2.24) is 15.1 Å². The lowest BCUT2D eigenvalue weighted by Crippen LogP contribution is -2.57. The molecule has 144 valence electrons. The maximum Gasteiger partial charge on any atom is 0.240 e. The van der Waals surface area contributed by atoms with Crippen LogP contribution < -0.4 is 5.32 Å². The fourth-order valence-electron chi connectivity index (χ4n) is 3.98. The second-order valence-electron chi connectivity index (χ2n) is 7.40. The van der Waals surface area contributed by atoms with E-state index in [2.05, 4.69) is 42.8 Å². The highest BCUT2D eigenvalue weighted by atomic mass is 35.5. The molecule has 1 amide bonds. The monoisotopic (exact) mass is 383 g/mol. The minimum atomic E-state index is -0.0119. The fourth-order valence-corrected chi connectivity index (χ4v) is 3.98. The summed E-state index contributed by atoms with van der Waals surface area (Å²) in [7, 11) is 1.98. The van der Waals surface area contributed by atoms with Gasteiger partial charge in [0.2, 0.25) is 5.91 Å². The zero-order valence-corrected chi connectivity index (χ0v) is 17.3. The molecule has 0 spiro atoms. The summed E-state index contributed by atoms with van der Waals surface area (Å²) < 4.78 is 5.83. The smallest absolute Gasteiger partial charge is 0.240 e. The maximum absolute atomic E-state index is 13.1. The maximum atomic E-state index is 13.1. The molecule has 7 heteroatoms. The highest BCUT2D eigenvalue weighted by Gasteiger charge is 2.38. The second-order valence-corrected chi connectivity index (χ2v) is 7.40. The van der Waals surface area contributed by atoms with Gasteiger partial charge in [-0.1, -0.05) is 13.8 Å². The fraction of sp³-hybridized carbons (Fsp3) is 0.941. The molecule has 4 unspecified atom stereocenters. The summed E-state index contributed by atoms with van der Waals surface area (Å²) in [5.74, 6) is 1.24. The first kappa shape index (κ1) is 23.9. The molecule has 24 heavy (non-hydrogen) atoms. The largest absolute Gasteiger partial charge is 0.373 e. The van der Waals surface area contributed by atoms with Crippen LogP contribution in [0.25, 0.3) is 0 Å². The quantitative estimate of drug-likeness (QED) is 0.788. The van der Waals surface area contributed by atoms with E-state index in [1.807, 2.05) is 7.05 Å². The number of hydrogen-bond donors (Lipinski definition) is 1. The van der Waals surface area contributed by atoms with Gasteiger partial charge >= 0.3 is 0 Å². The van der Waals surface area contributed by atoms with Crippen LogP contribution in [0.4, 0.5) is 0 Å². The van der Waals surface area contributed by atoms with Gasteiger partial charge < -0.3 is 15.0 Å². The number of rotatable bonds is 5. The molecule has 0 bridgehead atoms. The van der Waals surface area contributed by atoms with Crippen LogP contribution in [-0.4, -0.2) is 73.7 Å². The Kier molecular flexibility index (Phi) is 10.8. The Bertz CT molecular complexity index is 375. The Morgan fingerprint density at radius 3 is 2.25 bits per heavy atom. The molecule has 0 aliphatic carbocycles. The van der Waals surface area contributed by atoms with Crippen LogP contribution >= 0.6 is 24.8 Å². The van der Waals surface area contributed by atoms with Crippen LogP contribution in [0.1, 0.15) is 34.1 Å². The molecule has 4 atom stereocenters. The van der Waals surface area contributed by atoms with E-state index in [0.29, 0.717) is 17.7 Å². The molecule has 1 N–H and O–H groups in total. The molecule has 0 radical (unpaired) electrons. The van der Waals surface area contributed by atoms with Gasteiger partial charge in [-0.05, 0) is 45.7 Å². The molecule has 2 saturated heterocycles. The third-order valence-electron chi connectivity index (χ3n) is 4.82. The summed E-state index contributed by atoms with van der Waals surface area (Å²) in [6.45, 7) is 13.0. The third-order valence-corrected chi connectivity index (χ3v) is 4.82. The Morgan fingerprint density at radius 2 is 1.75 bits per heavy atom. The molecule has 2 heterocycles. The molecule has 2 fully saturated rings. The summed E-state index contributed by atoms with van der Waals surface area (Å²) in [5.41, 5.74) is 0. The first-order valence-corrected chi connectivity index (χ1v) is 8.75. The minimum Gasteiger partial charge on any atom is -0.373 e. The first-order valence-electron chi connectivity index (χ1n) is 8.75. The SMILES string of the molecule is CNCC1CCN(C(=O)C(C(C)C)N2CC(C)OC(C)C2)C1.Cl.Cl. The van der Waals surface area contributed by atoms with E-state index in [1.165, 1.54) is 0 Å². The van der Waals surface area contributed by atoms with E-state index in [1.54, 1.807) is 0 Å². The highest BCUT2D eigenvalue weighted by molar-refractivity contribution is 5.85. The van der Waals surface area contributed by atoms with Gasteiger partial charge in [-0.2, -0.15) is 0 Å². The van der Waals surface area contributed by atoms with E-state index in [-0.39, 0.29) is 43.1 Å². The van der Waals surface area contributed by atoms with E-state index >= 15 is 0 Å². The molecular formula is C17H35Cl2N3O2. The van der Waals surface area contributed by atoms with Crippen LogP contribution in [0, 0.1) is 11.8 Å². The van der Waals surface area contributed by atoms with Gasteiger partial charge in [-0.25, -0.2) is 0 Å². The van der Waals surface area contributed by atoms with E-state index in [0.717, 1.165) is 39.1 Å². The van der Waals surface area contributed by atoms with Gasteiger partial charge in [-0.15, -0.1) is 24.8 Å². The number of ether oxygens (including phenoxy) is 1. The Balaban J connectivity index is 0.00000264. The van der Waals surface area contributed by atoms with Gasteiger partial charge in [0, 0.05) is 26.2 Å². The zero-order valence-electron chi connectivity index (χ0n) is 15.7. The predicted octanol–water partition coefficient (Wildman–Crippen LogP) is 2.03. The summed E-state index contributed by atoms with van der Waals surface area (Å²) in [6, 6.07) is -0.0119. The first-order chi connectivity index (χ1) is 10.4. The number of likely N-dealkylation sites (tertiary alicyclic amines) is 1. The minimum absolute atomic E-state index is 0. The summed E-state index contributed by atoms with van der Waals surface area (Å²) in [6.07, 6.45) is 1.52. The zero-order chi connectivity index (χ0) is 16.3. The van der Waals surface area contributed by atoms with Crippen molar-refractivity contribution >= 4 is 30.7 Å². The molecule has 2 rings (SSSR count). The molecule has 2 aliphatic rings. The van der Waals surface area contributed by atoms with Crippen molar-refractivity contribution in [1.29, 1.82) is 0 Å². The van der Waals surface area contributed by atoms with E-state index in [4.69, 9.17) is 4.74 Å². The van der Waals surface area contributed by atoms with Crippen LogP contribution in [0.15, 0.2) is 0 Å². The molecule has 0 aromatic carbocycles. The van der Waals surface area contributed by atoms with Crippen molar-refractivity contribution in [2.45, 2.75) is 52.4 Å². The van der Waals surface area contributed by atoms with Gasteiger partial charge in [0.15, 0.2) is 0 Å². The van der Waals surface area contributed by atoms with Crippen molar-refractivity contribution in [2.24, 2.45) is 11.8 Å².